The van der Waals surface area contributed by atoms with E-state index in [1.807, 2.05) is 48.5 Å². The van der Waals surface area contributed by atoms with E-state index in [-0.39, 0.29) is 14.5 Å². The first-order chi connectivity index (χ1) is 25.3. The van der Waals surface area contributed by atoms with Crippen molar-refractivity contribution in [2.24, 2.45) is 0 Å². The number of hydrogen-bond donors (Lipinski definition) is 2. The first-order valence-electron chi connectivity index (χ1n) is 16.6. The van der Waals surface area contributed by atoms with Crippen LogP contribution < -0.4 is 0 Å². The van der Waals surface area contributed by atoms with Gasteiger partial charge in [0.2, 0.25) is 0 Å². The maximum absolute atomic E-state index is 5.34. The molecule has 8 nitrogen and oxygen atoms in total. The van der Waals surface area contributed by atoms with Gasteiger partial charge in [0, 0.05) is 0 Å². The predicted molar refractivity (Wildman–Crippen MR) is 204 cm³/mol. The molecule has 51 heavy (non-hydrogen) atoms. The normalized spacial score (nSPS) is 11.9. The SMILES string of the molecule is c1ccc(-c2[se]c(-c3ccccc3)c3c2-c2nc-3nc3[nH]c(nc4nc(nc5[nH]c(n2)c2ccccc52)-c2ccccc2-4)c2ccccc32)cc1. The van der Waals surface area contributed by atoms with E-state index >= 15 is 0 Å². The summed E-state index contributed by atoms with van der Waals surface area (Å²) in [6.45, 7) is 0. The summed E-state index contributed by atoms with van der Waals surface area (Å²) in [5.41, 5.74) is 8.94. The van der Waals surface area contributed by atoms with Crippen LogP contribution in [0.3, 0.4) is 0 Å². The number of benzene rings is 5. The monoisotopic (exact) mass is 720 g/mol. The van der Waals surface area contributed by atoms with Gasteiger partial charge in [-0.05, 0) is 0 Å². The summed E-state index contributed by atoms with van der Waals surface area (Å²) in [6.07, 6.45) is 0. The van der Waals surface area contributed by atoms with Gasteiger partial charge in [-0.2, -0.15) is 0 Å². The van der Waals surface area contributed by atoms with Gasteiger partial charge in [0.05, 0.1) is 0 Å². The van der Waals surface area contributed by atoms with Crippen LogP contribution in [0.25, 0.3) is 110 Å². The third-order valence-electron chi connectivity index (χ3n) is 9.48. The van der Waals surface area contributed by atoms with E-state index in [9.17, 15) is 0 Å². The molecule has 0 spiro atoms. The molecule has 0 saturated carbocycles. The third-order valence-corrected chi connectivity index (χ3v) is 12.2. The second-order valence-corrected chi connectivity index (χ2v) is 14.6. The molecule has 5 aromatic carbocycles. The van der Waals surface area contributed by atoms with Crippen molar-refractivity contribution in [2.75, 3.05) is 0 Å². The molecule has 6 heterocycles. The van der Waals surface area contributed by atoms with E-state index in [0.29, 0.717) is 45.9 Å². The molecule has 0 atom stereocenters. The summed E-state index contributed by atoms with van der Waals surface area (Å²) in [4.78, 5) is 38.3. The Hall–Kier alpha value is -6.54. The van der Waals surface area contributed by atoms with Gasteiger partial charge >= 0.3 is 298 Å². The standard InChI is InChI=1S/C42H24N8Se/c1-3-13-23(14-4-1)33-31-32(34(51-33)24-15-5-2-6-16-24)42-49-40-30-22-12-10-20-28(30)38(47-40)45-36-26-18-8-7-17-25(26)35(43-36)44-37-27-19-9-11-21-29(27)39(46-37)48-41(31)50-42/h1-22H,(H2,43,44,45,46,47,48,49,50). The summed E-state index contributed by atoms with van der Waals surface area (Å²) in [6, 6.07) is 45.6. The van der Waals surface area contributed by atoms with Crippen LogP contribution in [0.2, 0.25) is 0 Å². The van der Waals surface area contributed by atoms with Crippen molar-refractivity contribution in [3.05, 3.63) is 133 Å². The van der Waals surface area contributed by atoms with Crippen LogP contribution in [0.5, 0.6) is 0 Å². The van der Waals surface area contributed by atoms with E-state index in [1.54, 1.807) is 0 Å². The Morgan fingerprint density at radius 2 is 0.667 bits per heavy atom. The number of H-pyrrole nitrogens is 2. The number of nitrogens with zero attached hydrogens (tertiary/aromatic N) is 6. The van der Waals surface area contributed by atoms with Crippen molar-refractivity contribution in [1.29, 1.82) is 0 Å². The molecule has 2 N–H and O–H groups in total. The predicted octanol–water partition coefficient (Wildman–Crippen LogP) is 9.26. The minimum absolute atomic E-state index is 0.0396. The molecule has 0 fully saturated rings. The Kier molecular flexibility index (Phi) is 6.10. The van der Waals surface area contributed by atoms with E-state index in [2.05, 4.69) is 94.9 Å². The van der Waals surface area contributed by atoms with E-state index in [1.165, 1.54) is 8.87 Å². The van der Waals surface area contributed by atoms with Gasteiger partial charge in [0.15, 0.2) is 0 Å². The quantitative estimate of drug-likeness (QED) is 0.173. The Labute approximate surface area is 296 Å². The molecule has 2 aliphatic rings. The average molecular weight is 720 g/mol. The number of fused-ring (bicyclic) bond motifs is 20. The van der Waals surface area contributed by atoms with Gasteiger partial charge < -0.3 is 0 Å². The number of hydrogen-bond acceptors (Lipinski definition) is 6. The topological polar surface area (TPSA) is 109 Å². The summed E-state index contributed by atoms with van der Waals surface area (Å²) < 4.78 is 2.46. The molecule has 0 aliphatic carbocycles. The fourth-order valence-corrected chi connectivity index (χ4v) is 9.88. The van der Waals surface area contributed by atoms with Crippen molar-refractivity contribution in [3.8, 4) is 65.6 Å². The van der Waals surface area contributed by atoms with Crippen molar-refractivity contribution in [2.45, 2.75) is 0 Å². The Morgan fingerprint density at radius 1 is 0.333 bits per heavy atom. The summed E-state index contributed by atoms with van der Waals surface area (Å²) in [5.74, 6) is 2.44. The molecule has 11 rings (SSSR count). The average Bonchev–Trinajstić information content (AvgIpc) is 3.99. The van der Waals surface area contributed by atoms with Crippen molar-refractivity contribution >= 4 is 58.6 Å². The second-order valence-electron chi connectivity index (χ2n) is 12.5. The molecule has 0 unspecified atom stereocenters. The van der Waals surface area contributed by atoms with Crippen LogP contribution in [0.15, 0.2) is 133 Å². The number of nitrogens with one attached hydrogen (secondary N) is 2. The van der Waals surface area contributed by atoms with Crippen molar-refractivity contribution in [3.63, 3.8) is 0 Å². The summed E-state index contributed by atoms with van der Waals surface area (Å²) in [5, 5.41) is 3.81. The molecule has 9 aromatic rings. The van der Waals surface area contributed by atoms with Crippen LogP contribution in [0, 0.1) is 0 Å². The minimum atomic E-state index is -0.0396. The first kappa shape index (κ1) is 28.3. The van der Waals surface area contributed by atoms with Crippen LogP contribution >= 0.6 is 0 Å². The fraction of sp³-hybridized carbons (Fsp3) is 0. The van der Waals surface area contributed by atoms with Gasteiger partial charge in [-0.1, -0.05) is 0 Å². The molecule has 4 aromatic heterocycles. The third kappa shape index (κ3) is 4.39. The molecule has 0 amide bonds. The zero-order valence-corrected chi connectivity index (χ0v) is 28.5. The first-order valence-corrected chi connectivity index (χ1v) is 18.4. The van der Waals surface area contributed by atoms with Crippen molar-refractivity contribution in [1.82, 2.24) is 39.9 Å². The van der Waals surface area contributed by atoms with Gasteiger partial charge in [-0.3, -0.25) is 0 Å². The fourth-order valence-electron chi connectivity index (χ4n) is 7.14. The van der Waals surface area contributed by atoms with Crippen LogP contribution in [-0.2, 0) is 0 Å². The zero-order chi connectivity index (χ0) is 33.5. The molecule has 0 radical (unpaired) electrons. The molecular formula is C42H24N8Se. The number of aromatic nitrogens is 8. The van der Waals surface area contributed by atoms with Gasteiger partial charge in [0.25, 0.3) is 0 Å². The van der Waals surface area contributed by atoms with E-state index in [0.717, 1.165) is 54.9 Å². The van der Waals surface area contributed by atoms with Crippen molar-refractivity contribution < 1.29 is 0 Å². The van der Waals surface area contributed by atoms with Gasteiger partial charge in [-0.25, -0.2) is 0 Å². The summed E-state index contributed by atoms with van der Waals surface area (Å²) in [7, 11) is 0. The van der Waals surface area contributed by atoms with Gasteiger partial charge in [0.1, 0.15) is 0 Å². The van der Waals surface area contributed by atoms with E-state index < -0.39 is 0 Å². The zero-order valence-electron chi connectivity index (χ0n) is 26.8. The van der Waals surface area contributed by atoms with E-state index in [4.69, 9.17) is 29.9 Å². The number of aromatic amines is 2. The Bertz CT molecular complexity index is 2830. The maximum atomic E-state index is 5.34. The molecule has 2 aliphatic heterocycles. The van der Waals surface area contributed by atoms with Crippen LogP contribution in [-0.4, -0.2) is 54.4 Å². The molecule has 8 bridgehead atoms. The van der Waals surface area contributed by atoms with Crippen LogP contribution in [0.1, 0.15) is 0 Å². The Balaban J connectivity index is 1.34. The van der Waals surface area contributed by atoms with Gasteiger partial charge in [-0.15, -0.1) is 0 Å². The Morgan fingerprint density at radius 3 is 1.08 bits per heavy atom. The molecule has 238 valence electrons. The van der Waals surface area contributed by atoms with Crippen LogP contribution in [0.4, 0.5) is 0 Å². The second kappa shape index (κ2) is 11.0. The summed E-state index contributed by atoms with van der Waals surface area (Å²) >= 11 is -0.0396. The molecule has 0 saturated heterocycles. The molecular weight excluding hydrogens is 695 g/mol. The molecule has 9 heteroatoms. The number of rotatable bonds is 2.